The number of ether oxygens (including phenoxy) is 1. The van der Waals surface area contributed by atoms with Crippen molar-refractivity contribution in [3.8, 4) is 16.9 Å². The molecule has 2 amide bonds. The van der Waals surface area contributed by atoms with Gasteiger partial charge < -0.3 is 15.4 Å². The van der Waals surface area contributed by atoms with Crippen LogP contribution < -0.4 is 15.4 Å². The second kappa shape index (κ2) is 7.79. The molecule has 7 heteroatoms. The molecule has 28 heavy (non-hydrogen) atoms. The van der Waals surface area contributed by atoms with Crippen LogP contribution in [0.1, 0.15) is 5.56 Å². The van der Waals surface area contributed by atoms with Crippen molar-refractivity contribution >= 4 is 22.8 Å². The van der Waals surface area contributed by atoms with Gasteiger partial charge in [0.25, 0.3) is 0 Å². The molecule has 0 radical (unpaired) electrons. The Bertz CT molecular complexity index is 1110. The summed E-state index contributed by atoms with van der Waals surface area (Å²) in [4.78, 5) is 16.4. The van der Waals surface area contributed by atoms with Crippen LogP contribution in [0, 0.1) is 0 Å². The van der Waals surface area contributed by atoms with Gasteiger partial charge in [-0.25, -0.2) is 9.78 Å². The van der Waals surface area contributed by atoms with Gasteiger partial charge in [-0.3, -0.25) is 5.10 Å². The Balaban J connectivity index is 1.40. The van der Waals surface area contributed by atoms with Crippen molar-refractivity contribution in [3.05, 3.63) is 72.6 Å². The molecule has 0 spiro atoms. The van der Waals surface area contributed by atoms with Crippen LogP contribution in [0.5, 0.6) is 5.75 Å². The van der Waals surface area contributed by atoms with Crippen LogP contribution >= 0.6 is 0 Å². The molecule has 0 fully saturated rings. The number of nitrogens with one attached hydrogen (secondary N) is 3. The summed E-state index contributed by atoms with van der Waals surface area (Å²) < 4.78 is 5.19. The second-order valence-electron chi connectivity index (χ2n) is 6.23. The Morgan fingerprint density at radius 2 is 2.00 bits per heavy atom. The summed E-state index contributed by atoms with van der Waals surface area (Å²) in [7, 11) is 1.62. The monoisotopic (exact) mass is 373 g/mol. The number of rotatable bonds is 5. The number of hydrogen-bond donors (Lipinski definition) is 3. The first-order chi connectivity index (χ1) is 13.7. The number of pyridine rings is 1. The van der Waals surface area contributed by atoms with Gasteiger partial charge in [0, 0.05) is 23.8 Å². The van der Waals surface area contributed by atoms with E-state index >= 15 is 0 Å². The Morgan fingerprint density at radius 3 is 2.82 bits per heavy atom. The molecule has 0 aliphatic rings. The first-order valence-corrected chi connectivity index (χ1v) is 8.79. The maximum atomic E-state index is 12.2. The lowest BCUT2D eigenvalue weighted by Crippen LogP contribution is -2.28. The smallest absolute Gasteiger partial charge is 0.319 e. The highest BCUT2D eigenvalue weighted by Crippen LogP contribution is 2.27. The fourth-order valence-corrected chi connectivity index (χ4v) is 2.98. The maximum absolute atomic E-state index is 12.2. The van der Waals surface area contributed by atoms with Crippen molar-refractivity contribution in [2.24, 2.45) is 0 Å². The number of aromatic nitrogens is 3. The molecule has 4 aromatic rings. The topological polar surface area (TPSA) is 91.9 Å². The molecular weight excluding hydrogens is 354 g/mol. The lowest BCUT2D eigenvalue weighted by atomic mass is 10.0. The minimum Gasteiger partial charge on any atom is -0.497 e. The third-order valence-corrected chi connectivity index (χ3v) is 4.40. The largest absolute Gasteiger partial charge is 0.497 e. The van der Waals surface area contributed by atoms with Crippen LogP contribution in [0.25, 0.3) is 22.2 Å². The molecule has 2 aromatic carbocycles. The second-order valence-corrected chi connectivity index (χ2v) is 6.23. The van der Waals surface area contributed by atoms with Crippen molar-refractivity contribution in [3.63, 3.8) is 0 Å². The third-order valence-electron chi connectivity index (χ3n) is 4.40. The van der Waals surface area contributed by atoms with Crippen molar-refractivity contribution < 1.29 is 9.53 Å². The summed E-state index contributed by atoms with van der Waals surface area (Å²) in [6.45, 7) is 0.413. The van der Waals surface area contributed by atoms with E-state index < -0.39 is 0 Å². The molecule has 0 saturated heterocycles. The number of carbonyl (C=O) groups is 1. The lowest BCUT2D eigenvalue weighted by Gasteiger charge is -2.09. The van der Waals surface area contributed by atoms with E-state index in [9.17, 15) is 4.79 Å². The Labute approximate surface area is 161 Å². The fourth-order valence-electron chi connectivity index (χ4n) is 2.98. The van der Waals surface area contributed by atoms with E-state index in [0.29, 0.717) is 12.2 Å². The van der Waals surface area contributed by atoms with Crippen LogP contribution in [0.3, 0.4) is 0 Å². The minimum absolute atomic E-state index is 0.267. The summed E-state index contributed by atoms with van der Waals surface area (Å²) in [5, 5.41) is 13.5. The molecule has 140 valence electrons. The number of methoxy groups -OCH3 is 1. The molecule has 0 aliphatic heterocycles. The van der Waals surface area contributed by atoms with Crippen molar-refractivity contribution in [1.82, 2.24) is 20.5 Å². The molecule has 0 atom stereocenters. The molecule has 0 aliphatic carbocycles. The standard InChI is InChI=1S/C21H19N5O2/c1-28-17-4-2-3-14(11-17)12-23-21(27)25-16-7-5-15(6-8-16)18-9-10-22-20-19(18)13-24-26-20/h2-11,13H,12H2,1H3,(H,22,24,26)(H2,23,25,27). The van der Waals surface area contributed by atoms with Gasteiger partial charge in [-0.1, -0.05) is 24.3 Å². The molecule has 3 N–H and O–H groups in total. The number of urea groups is 1. The van der Waals surface area contributed by atoms with Gasteiger partial charge in [-0.2, -0.15) is 5.10 Å². The minimum atomic E-state index is -0.267. The number of nitrogens with zero attached hydrogens (tertiary/aromatic N) is 2. The molecule has 0 saturated carbocycles. The van der Waals surface area contributed by atoms with E-state index in [-0.39, 0.29) is 6.03 Å². The summed E-state index contributed by atoms with van der Waals surface area (Å²) in [6.07, 6.45) is 3.50. The first kappa shape index (κ1) is 17.5. The average molecular weight is 373 g/mol. The normalized spacial score (nSPS) is 10.6. The van der Waals surface area contributed by atoms with Crippen LogP contribution in [-0.4, -0.2) is 28.3 Å². The highest BCUT2D eigenvalue weighted by molar-refractivity contribution is 5.93. The number of benzene rings is 2. The molecule has 0 unspecified atom stereocenters. The number of hydrogen-bond acceptors (Lipinski definition) is 4. The molecule has 7 nitrogen and oxygen atoms in total. The van der Waals surface area contributed by atoms with Crippen LogP contribution in [0.2, 0.25) is 0 Å². The predicted octanol–water partition coefficient (Wildman–Crippen LogP) is 3.96. The molecule has 0 bridgehead atoms. The van der Waals surface area contributed by atoms with E-state index in [1.54, 1.807) is 19.5 Å². The van der Waals surface area contributed by atoms with E-state index in [2.05, 4.69) is 25.8 Å². The number of H-pyrrole nitrogens is 1. The molecule has 2 heterocycles. The van der Waals surface area contributed by atoms with Crippen LogP contribution in [0.15, 0.2) is 67.0 Å². The van der Waals surface area contributed by atoms with Gasteiger partial charge in [-0.05, 0) is 47.0 Å². The van der Waals surface area contributed by atoms with Gasteiger partial charge in [0.05, 0.1) is 13.3 Å². The highest BCUT2D eigenvalue weighted by Gasteiger charge is 2.07. The summed E-state index contributed by atoms with van der Waals surface area (Å²) in [6, 6.07) is 16.9. The predicted molar refractivity (Wildman–Crippen MR) is 108 cm³/mol. The Kier molecular flexibility index (Phi) is 4.88. The zero-order valence-corrected chi connectivity index (χ0v) is 15.3. The SMILES string of the molecule is COc1cccc(CNC(=O)Nc2ccc(-c3ccnc4[nH]ncc34)cc2)c1. The van der Waals surface area contributed by atoms with Crippen molar-refractivity contribution in [2.75, 3.05) is 12.4 Å². The van der Waals surface area contributed by atoms with Gasteiger partial charge in [-0.15, -0.1) is 0 Å². The van der Waals surface area contributed by atoms with Crippen LogP contribution in [0.4, 0.5) is 10.5 Å². The number of anilines is 1. The fraction of sp³-hybridized carbons (Fsp3) is 0.0952. The van der Waals surface area contributed by atoms with E-state index in [4.69, 9.17) is 4.74 Å². The first-order valence-electron chi connectivity index (χ1n) is 8.79. The zero-order valence-electron chi connectivity index (χ0n) is 15.3. The van der Waals surface area contributed by atoms with Crippen LogP contribution in [-0.2, 0) is 6.54 Å². The molecule has 4 rings (SSSR count). The molecular formula is C21H19N5O2. The highest BCUT2D eigenvalue weighted by atomic mass is 16.5. The van der Waals surface area contributed by atoms with Crippen molar-refractivity contribution in [2.45, 2.75) is 6.54 Å². The lowest BCUT2D eigenvalue weighted by molar-refractivity contribution is 0.251. The van der Waals surface area contributed by atoms with Gasteiger partial charge in [0.2, 0.25) is 0 Å². The van der Waals surface area contributed by atoms with Gasteiger partial charge in [0.1, 0.15) is 5.75 Å². The Hall–Kier alpha value is -3.87. The zero-order chi connectivity index (χ0) is 19.3. The Morgan fingerprint density at radius 1 is 1.14 bits per heavy atom. The molecule has 2 aromatic heterocycles. The number of aromatic amines is 1. The quantitative estimate of drug-likeness (QED) is 0.494. The van der Waals surface area contributed by atoms with E-state index in [1.165, 1.54) is 0 Å². The maximum Gasteiger partial charge on any atom is 0.319 e. The number of fused-ring (bicyclic) bond motifs is 1. The summed E-state index contributed by atoms with van der Waals surface area (Å²) >= 11 is 0. The number of amides is 2. The number of carbonyl (C=O) groups excluding carboxylic acids is 1. The van der Waals surface area contributed by atoms with Crippen molar-refractivity contribution in [1.29, 1.82) is 0 Å². The average Bonchev–Trinajstić information content (AvgIpc) is 3.22. The van der Waals surface area contributed by atoms with E-state index in [1.807, 2.05) is 54.6 Å². The summed E-state index contributed by atoms with van der Waals surface area (Å²) in [5.41, 5.74) is 4.48. The third kappa shape index (κ3) is 3.78. The summed E-state index contributed by atoms with van der Waals surface area (Å²) in [5.74, 6) is 0.762. The van der Waals surface area contributed by atoms with E-state index in [0.717, 1.165) is 33.5 Å². The van der Waals surface area contributed by atoms with Gasteiger partial charge >= 0.3 is 6.03 Å². The van der Waals surface area contributed by atoms with Gasteiger partial charge in [0.15, 0.2) is 5.65 Å².